The molecule has 2 heterocycles. The number of amides is 1. The van der Waals surface area contributed by atoms with Crippen LogP contribution in [0.25, 0.3) is 22.3 Å². The summed E-state index contributed by atoms with van der Waals surface area (Å²) in [6.07, 6.45) is 2.41. The van der Waals surface area contributed by atoms with E-state index < -0.39 is 12.5 Å². The SMILES string of the molecule is Cc1c(-c2ccccc2)oc2c(C(=O)N(C)Cc3nccn3C(F)F)cccc2c1=O. The summed E-state index contributed by atoms with van der Waals surface area (Å²) < 4.78 is 33.0. The molecule has 31 heavy (non-hydrogen) atoms. The first kappa shape index (κ1) is 20.5. The lowest BCUT2D eigenvalue weighted by Gasteiger charge is -2.18. The third-order valence-corrected chi connectivity index (χ3v) is 5.10. The van der Waals surface area contributed by atoms with E-state index in [0.29, 0.717) is 21.5 Å². The Labute approximate surface area is 176 Å². The number of hydrogen-bond acceptors (Lipinski definition) is 4. The number of para-hydroxylation sites is 1. The fraction of sp³-hybridized carbons (Fsp3) is 0.174. The van der Waals surface area contributed by atoms with Crippen LogP contribution in [-0.2, 0) is 6.54 Å². The maximum Gasteiger partial charge on any atom is 0.319 e. The highest BCUT2D eigenvalue weighted by molar-refractivity contribution is 6.05. The van der Waals surface area contributed by atoms with Crippen LogP contribution >= 0.6 is 0 Å². The molecule has 2 aromatic carbocycles. The summed E-state index contributed by atoms with van der Waals surface area (Å²) in [6.45, 7) is -1.21. The molecule has 8 heteroatoms. The molecule has 0 spiro atoms. The van der Waals surface area contributed by atoms with E-state index >= 15 is 0 Å². The van der Waals surface area contributed by atoms with Crippen molar-refractivity contribution in [3.8, 4) is 11.3 Å². The summed E-state index contributed by atoms with van der Waals surface area (Å²) in [4.78, 5) is 31.3. The van der Waals surface area contributed by atoms with Gasteiger partial charge in [0, 0.05) is 30.6 Å². The average Bonchev–Trinajstić information content (AvgIpc) is 3.24. The minimum atomic E-state index is -2.76. The number of halogens is 2. The minimum Gasteiger partial charge on any atom is -0.455 e. The number of rotatable bonds is 5. The molecule has 4 aromatic rings. The number of hydrogen-bond donors (Lipinski definition) is 0. The monoisotopic (exact) mass is 423 g/mol. The van der Waals surface area contributed by atoms with Gasteiger partial charge < -0.3 is 9.32 Å². The largest absolute Gasteiger partial charge is 0.455 e. The molecular formula is C23H19F2N3O3. The maximum absolute atomic E-state index is 13.1. The molecule has 2 aromatic heterocycles. The Bertz CT molecular complexity index is 1310. The summed E-state index contributed by atoms with van der Waals surface area (Å²) in [5.41, 5.74) is 1.25. The molecule has 0 fully saturated rings. The zero-order chi connectivity index (χ0) is 22.1. The van der Waals surface area contributed by atoms with Gasteiger partial charge >= 0.3 is 6.55 Å². The van der Waals surface area contributed by atoms with Crippen LogP contribution in [0.1, 0.15) is 28.3 Å². The molecule has 0 saturated carbocycles. The van der Waals surface area contributed by atoms with Gasteiger partial charge in [-0.25, -0.2) is 4.98 Å². The van der Waals surface area contributed by atoms with Crippen LogP contribution in [0.5, 0.6) is 0 Å². The molecule has 0 unspecified atom stereocenters. The highest BCUT2D eigenvalue weighted by Gasteiger charge is 2.22. The molecule has 0 bridgehead atoms. The third kappa shape index (κ3) is 3.72. The first-order valence-electron chi connectivity index (χ1n) is 9.55. The van der Waals surface area contributed by atoms with Gasteiger partial charge in [-0.3, -0.25) is 14.2 Å². The van der Waals surface area contributed by atoms with E-state index in [1.54, 1.807) is 25.1 Å². The molecule has 0 saturated heterocycles. The average molecular weight is 423 g/mol. The molecule has 158 valence electrons. The fourth-order valence-electron chi connectivity index (χ4n) is 3.48. The lowest BCUT2D eigenvalue weighted by molar-refractivity contribution is 0.0612. The van der Waals surface area contributed by atoms with Gasteiger partial charge in [0.15, 0.2) is 11.0 Å². The van der Waals surface area contributed by atoms with Gasteiger partial charge in [0.25, 0.3) is 5.91 Å². The smallest absolute Gasteiger partial charge is 0.319 e. The quantitative estimate of drug-likeness (QED) is 0.469. The van der Waals surface area contributed by atoms with Gasteiger partial charge in [-0.15, -0.1) is 0 Å². The standard InChI is InChI=1S/C23H19F2N3O3/c1-14-19(29)16-9-6-10-17(21(16)31-20(14)15-7-4-3-5-8-15)22(30)27(2)13-18-26-11-12-28(18)23(24)25/h3-12,23H,13H2,1-2H3. The van der Waals surface area contributed by atoms with Crippen molar-refractivity contribution >= 4 is 16.9 Å². The second-order valence-electron chi connectivity index (χ2n) is 7.12. The Kier molecular flexibility index (Phi) is 5.37. The van der Waals surface area contributed by atoms with E-state index in [9.17, 15) is 18.4 Å². The number of alkyl halides is 2. The van der Waals surface area contributed by atoms with Crippen LogP contribution in [0.15, 0.2) is 70.1 Å². The Morgan fingerprint density at radius 2 is 1.90 bits per heavy atom. The van der Waals surface area contributed by atoms with Crippen molar-refractivity contribution in [2.75, 3.05) is 7.05 Å². The van der Waals surface area contributed by atoms with Crippen LogP contribution in [-0.4, -0.2) is 27.4 Å². The number of imidazole rings is 1. The molecule has 6 nitrogen and oxygen atoms in total. The molecular weight excluding hydrogens is 404 g/mol. The first-order valence-corrected chi connectivity index (χ1v) is 9.55. The Morgan fingerprint density at radius 1 is 1.16 bits per heavy atom. The first-order chi connectivity index (χ1) is 14.9. The second-order valence-corrected chi connectivity index (χ2v) is 7.12. The number of nitrogens with zero attached hydrogens (tertiary/aromatic N) is 3. The van der Waals surface area contributed by atoms with Crippen LogP contribution < -0.4 is 5.43 Å². The van der Waals surface area contributed by atoms with E-state index in [-0.39, 0.29) is 34.3 Å². The normalized spacial score (nSPS) is 11.3. The summed E-state index contributed by atoms with van der Waals surface area (Å²) >= 11 is 0. The topological polar surface area (TPSA) is 68.3 Å². The van der Waals surface area contributed by atoms with Gasteiger partial charge in [-0.2, -0.15) is 8.78 Å². The van der Waals surface area contributed by atoms with Crippen molar-refractivity contribution in [1.29, 1.82) is 0 Å². The van der Waals surface area contributed by atoms with Crippen molar-refractivity contribution in [2.24, 2.45) is 0 Å². The van der Waals surface area contributed by atoms with E-state index in [1.807, 2.05) is 30.3 Å². The van der Waals surface area contributed by atoms with Crippen molar-refractivity contribution in [3.63, 3.8) is 0 Å². The highest BCUT2D eigenvalue weighted by Crippen LogP contribution is 2.28. The van der Waals surface area contributed by atoms with Gasteiger partial charge in [0.2, 0.25) is 0 Å². The Hall–Kier alpha value is -3.81. The molecule has 0 atom stereocenters. The van der Waals surface area contributed by atoms with Crippen LogP contribution in [0.3, 0.4) is 0 Å². The summed E-state index contributed by atoms with van der Waals surface area (Å²) in [5, 5.41) is 0.283. The third-order valence-electron chi connectivity index (χ3n) is 5.10. The maximum atomic E-state index is 13.1. The zero-order valence-electron chi connectivity index (χ0n) is 16.9. The van der Waals surface area contributed by atoms with Crippen LogP contribution in [0.4, 0.5) is 8.78 Å². The second kappa shape index (κ2) is 8.14. The van der Waals surface area contributed by atoms with E-state index in [2.05, 4.69) is 4.98 Å². The predicted octanol–water partition coefficient (Wildman–Crippen LogP) is 4.63. The summed E-state index contributed by atoms with van der Waals surface area (Å²) in [5.74, 6) is -0.0389. The molecule has 0 radical (unpaired) electrons. The van der Waals surface area contributed by atoms with Crippen molar-refractivity contribution in [1.82, 2.24) is 14.5 Å². The van der Waals surface area contributed by atoms with Crippen LogP contribution in [0, 0.1) is 6.92 Å². The van der Waals surface area contributed by atoms with Gasteiger partial charge in [0.05, 0.1) is 17.5 Å². The van der Waals surface area contributed by atoms with Gasteiger partial charge in [0.1, 0.15) is 11.6 Å². The zero-order valence-corrected chi connectivity index (χ0v) is 16.9. The fourth-order valence-corrected chi connectivity index (χ4v) is 3.48. The number of fused-ring (bicyclic) bond motifs is 1. The lowest BCUT2D eigenvalue weighted by Crippen LogP contribution is -2.28. The minimum absolute atomic E-state index is 0.0494. The predicted molar refractivity (Wildman–Crippen MR) is 112 cm³/mol. The van der Waals surface area contributed by atoms with Crippen molar-refractivity contribution in [3.05, 3.63) is 88.1 Å². The Balaban J connectivity index is 1.78. The number of aromatic nitrogens is 2. The number of benzene rings is 2. The molecule has 0 aliphatic heterocycles. The number of carbonyl (C=O) groups excluding carboxylic acids is 1. The molecule has 4 rings (SSSR count). The van der Waals surface area contributed by atoms with E-state index in [4.69, 9.17) is 4.42 Å². The molecule has 0 N–H and O–H groups in total. The van der Waals surface area contributed by atoms with Crippen LogP contribution in [0.2, 0.25) is 0 Å². The molecule has 0 aliphatic carbocycles. The summed E-state index contributed by atoms with van der Waals surface area (Å²) in [7, 11) is 1.48. The van der Waals surface area contributed by atoms with Gasteiger partial charge in [-0.05, 0) is 19.1 Å². The number of carbonyl (C=O) groups is 1. The van der Waals surface area contributed by atoms with Crippen molar-refractivity contribution in [2.45, 2.75) is 20.0 Å². The van der Waals surface area contributed by atoms with Gasteiger partial charge in [-0.1, -0.05) is 36.4 Å². The summed E-state index contributed by atoms with van der Waals surface area (Å²) in [6, 6.07) is 13.9. The van der Waals surface area contributed by atoms with Crippen molar-refractivity contribution < 1.29 is 18.0 Å². The van der Waals surface area contributed by atoms with E-state index in [1.165, 1.54) is 18.1 Å². The molecule has 1 amide bonds. The highest BCUT2D eigenvalue weighted by atomic mass is 19.3. The molecule has 0 aliphatic rings. The Morgan fingerprint density at radius 3 is 2.61 bits per heavy atom. The lowest BCUT2D eigenvalue weighted by atomic mass is 10.0. The van der Waals surface area contributed by atoms with E-state index in [0.717, 1.165) is 6.20 Å².